The summed E-state index contributed by atoms with van der Waals surface area (Å²) in [5.74, 6) is -0.382. The van der Waals surface area contributed by atoms with Gasteiger partial charge in [0.1, 0.15) is 0 Å². The van der Waals surface area contributed by atoms with Crippen molar-refractivity contribution in [2.75, 3.05) is 14.1 Å². The van der Waals surface area contributed by atoms with Gasteiger partial charge >= 0.3 is 5.24 Å². The molecule has 0 spiro atoms. The Morgan fingerprint density at radius 3 is 2.35 bits per heavy atom. The van der Waals surface area contributed by atoms with Gasteiger partial charge in [0.15, 0.2) is 5.69 Å². The fourth-order valence-electron chi connectivity index (χ4n) is 1.68. The van der Waals surface area contributed by atoms with Gasteiger partial charge in [-0.3, -0.25) is 9.59 Å². The molecular weight excluding hydrogens is 282 g/mol. The molecule has 7 nitrogen and oxygen atoms in total. The summed E-state index contributed by atoms with van der Waals surface area (Å²) in [5, 5.41) is 20.6. The number of carbonyl (C=O) groups excluding carboxylic acids is 2. The van der Waals surface area contributed by atoms with Gasteiger partial charge in [0.05, 0.1) is 4.91 Å². The second-order valence-corrected chi connectivity index (χ2v) is 5.26. The van der Waals surface area contributed by atoms with Gasteiger partial charge in [-0.2, -0.15) is 10.2 Å². The molecule has 1 fully saturated rings. The molecule has 20 heavy (non-hydrogen) atoms. The zero-order valence-electron chi connectivity index (χ0n) is 10.9. The smallest absolute Gasteiger partial charge is 0.308 e. The first-order chi connectivity index (χ1) is 9.40. The van der Waals surface area contributed by atoms with Crippen molar-refractivity contribution >= 4 is 34.7 Å². The van der Waals surface area contributed by atoms with Gasteiger partial charge < -0.3 is 5.21 Å². The first-order valence-corrected chi connectivity index (χ1v) is 6.50. The standard InChI is InChI=1S/C12H13N3O4S/c1-13(2)14-11(16)10(20-12(14)17)7-8-3-5-9(6-4-8)15(18)19/h3-7,15,18H,1-2H3/b10-7+. The number of nitrogens with zero attached hydrogens (tertiary/aromatic N) is 2. The van der Waals surface area contributed by atoms with Crippen molar-refractivity contribution in [1.29, 1.82) is 0 Å². The van der Waals surface area contributed by atoms with Crippen LogP contribution >= 0.6 is 11.8 Å². The lowest BCUT2D eigenvalue weighted by molar-refractivity contribution is -0.991. The summed E-state index contributed by atoms with van der Waals surface area (Å²) in [6.07, 6.45) is 1.57. The Hall–Kier alpha value is -1.71. The molecule has 1 aliphatic rings. The Morgan fingerprint density at radius 1 is 1.30 bits per heavy atom. The average molecular weight is 295 g/mol. The van der Waals surface area contributed by atoms with Crippen LogP contribution < -0.4 is 5.23 Å². The molecule has 106 valence electrons. The van der Waals surface area contributed by atoms with Crippen LogP contribution in [0.5, 0.6) is 0 Å². The highest BCUT2D eigenvalue weighted by Crippen LogP contribution is 2.32. The van der Waals surface area contributed by atoms with Crippen LogP contribution in [0.4, 0.5) is 10.5 Å². The molecule has 0 radical (unpaired) electrons. The number of nitrogens with one attached hydrogen (secondary N) is 1. The summed E-state index contributed by atoms with van der Waals surface area (Å²) in [6.45, 7) is 0. The van der Waals surface area contributed by atoms with Gasteiger partial charge in [-0.25, -0.2) is 10.2 Å². The van der Waals surface area contributed by atoms with E-state index in [0.717, 1.165) is 16.8 Å². The van der Waals surface area contributed by atoms with E-state index in [1.54, 1.807) is 32.3 Å². The van der Waals surface area contributed by atoms with Crippen molar-refractivity contribution in [3.63, 3.8) is 0 Å². The Labute approximate surface area is 119 Å². The number of benzene rings is 1. The Bertz CT molecular complexity index is 569. The van der Waals surface area contributed by atoms with Crippen molar-refractivity contribution in [2.24, 2.45) is 0 Å². The molecule has 1 aliphatic heterocycles. The second-order valence-electron chi connectivity index (χ2n) is 4.27. The molecule has 0 saturated carbocycles. The fourth-order valence-corrected chi connectivity index (χ4v) is 2.57. The third-order valence-electron chi connectivity index (χ3n) is 2.63. The minimum atomic E-state index is -1.01. The molecule has 1 unspecified atom stereocenters. The van der Waals surface area contributed by atoms with Crippen molar-refractivity contribution in [3.8, 4) is 0 Å². The molecule has 1 atom stereocenters. The van der Waals surface area contributed by atoms with Crippen molar-refractivity contribution in [3.05, 3.63) is 39.9 Å². The summed E-state index contributed by atoms with van der Waals surface area (Å²) in [4.78, 5) is 24.0. The number of rotatable bonds is 3. The summed E-state index contributed by atoms with van der Waals surface area (Å²) in [7, 11) is 3.22. The number of thioether (sulfide) groups is 1. The Balaban J connectivity index is 2.24. The van der Waals surface area contributed by atoms with E-state index >= 15 is 0 Å². The maximum absolute atomic E-state index is 12.0. The van der Waals surface area contributed by atoms with Crippen LogP contribution in [0.15, 0.2) is 29.2 Å². The molecule has 2 rings (SSSR count). The maximum atomic E-state index is 12.0. The number of hydrazine groups is 1. The predicted molar refractivity (Wildman–Crippen MR) is 73.7 cm³/mol. The highest BCUT2D eigenvalue weighted by Gasteiger charge is 2.36. The number of hydrogen-bond donors (Lipinski definition) is 2. The lowest BCUT2D eigenvalue weighted by Crippen LogP contribution is -2.99. The molecular formula is C12H13N3O4S. The van der Waals surface area contributed by atoms with Gasteiger partial charge in [-0.1, -0.05) is 0 Å². The number of amides is 2. The normalized spacial score (nSPS) is 19.2. The summed E-state index contributed by atoms with van der Waals surface area (Å²) in [5.41, 5.74) is 0.836. The first-order valence-electron chi connectivity index (χ1n) is 5.68. The maximum Gasteiger partial charge on any atom is 0.308 e. The van der Waals surface area contributed by atoms with E-state index in [1.165, 1.54) is 17.1 Å². The highest BCUT2D eigenvalue weighted by atomic mass is 32.2. The van der Waals surface area contributed by atoms with E-state index in [9.17, 15) is 14.8 Å². The zero-order valence-corrected chi connectivity index (χ0v) is 11.7. The molecule has 2 amide bonds. The van der Waals surface area contributed by atoms with Crippen LogP contribution in [-0.4, -0.2) is 40.5 Å². The van der Waals surface area contributed by atoms with Gasteiger partial charge in [0.2, 0.25) is 0 Å². The average Bonchev–Trinajstić information content (AvgIpc) is 2.65. The van der Waals surface area contributed by atoms with Crippen LogP contribution in [0.3, 0.4) is 0 Å². The summed E-state index contributed by atoms with van der Waals surface area (Å²) >= 11 is 0.856. The van der Waals surface area contributed by atoms with E-state index < -0.39 is 5.23 Å². The van der Waals surface area contributed by atoms with Crippen molar-refractivity contribution < 1.29 is 20.0 Å². The molecule has 8 heteroatoms. The van der Waals surface area contributed by atoms with Gasteiger partial charge in [0.25, 0.3) is 5.91 Å². The van der Waals surface area contributed by atoms with Crippen LogP contribution in [0, 0.1) is 5.21 Å². The van der Waals surface area contributed by atoms with E-state index in [0.29, 0.717) is 10.5 Å². The monoisotopic (exact) mass is 295 g/mol. The first kappa shape index (κ1) is 14.7. The molecule has 0 bridgehead atoms. The van der Waals surface area contributed by atoms with Crippen molar-refractivity contribution in [1.82, 2.24) is 10.0 Å². The molecule has 0 aliphatic carbocycles. The zero-order chi connectivity index (χ0) is 14.9. The lowest BCUT2D eigenvalue weighted by atomic mass is 10.2. The molecule has 1 aromatic carbocycles. The third-order valence-corrected chi connectivity index (χ3v) is 3.49. The van der Waals surface area contributed by atoms with E-state index in [1.807, 2.05) is 0 Å². The third kappa shape index (κ3) is 2.89. The summed E-state index contributed by atoms with van der Waals surface area (Å²) < 4.78 is 0. The predicted octanol–water partition coefficient (Wildman–Crippen LogP) is 0.603. The quantitative estimate of drug-likeness (QED) is 0.627. The van der Waals surface area contributed by atoms with Gasteiger partial charge in [-0.05, 0) is 35.5 Å². The highest BCUT2D eigenvalue weighted by molar-refractivity contribution is 8.18. The molecule has 1 heterocycles. The van der Waals surface area contributed by atoms with E-state index in [2.05, 4.69) is 0 Å². The minimum Gasteiger partial charge on any atom is -0.595 e. The SMILES string of the molecule is CN(C)N1C(=O)S/C(=C/c2ccc([NH+]([O-])O)cc2)C1=O. The molecule has 1 aromatic rings. The minimum absolute atomic E-state index is 0.170. The van der Waals surface area contributed by atoms with E-state index in [4.69, 9.17) is 5.21 Å². The van der Waals surface area contributed by atoms with Crippen LogP contribution in [0.25, 0.3) is 6.08 Å². The second kappa shape index (κ2) is 5.73. The topological polar surface area (TPSA) is 88.3 Å². The Kier molecular flexibility index (Phi) is 4.21. The van der Waals surface area contributed by atoms with Crippen LogP contribution in [-0.2, 0) is 4.79 Å². The fraction of sp³-hybridized carbons (Fsp3) is 0.167. The number of hydrogen-bond acceptors (Lipinski definition) is 6. The molecule has 0 aromatic heterocycles. The van der Waals surface area contributed by atoms with Crippen molar-refractivity contribution in [2.45, 2.75) is 0 Å². The molecule has 2 N–H and O–H groups in total. The van der Waals surface area contributed by atoms with E-state index in [-0.39, 0.29) is 16.8 Å². The van der Waals surface area contributed by atoms with Crippen LogP contribution in [0.2, 0.25) is 0 Å². The Morgan fingerprint density at radius 2 is 1.90 bits per heavy atom. The lowest BCUT2D eigenvalue weighted by Gasteiger charge is -2.19. The van der Waals surface area contributed by atoms with Gasteiger partial charge in [0, 0.05) is 26.2 Å². The summed E-state index contributed by atoms with van der Waals surface area (Å²) in [6, 6.07) is 6.08. The van der Waals surface area contributed by atoms with Crippen LogP contribution in [0.1, 0.15) is 5.56 Å². The number of quaternary nitrogens is 1. The number of carbonyl (C=O) groups is 2. The van der Waals surface area contributed by atoms with Gasteiger partial charge in [-0.15, -0.1) is 0 Å². The largest absolute Gasteiger partial charge is 0.595 e. The molecule has 1 saturated heterocycles. The number of imide groups is 1.